The van der Waals surface area contributed by atoms with Crippen molar-refractivity contribution in [3.05, 3.63) is 23.8 Å². The Bertz CT molecular complexity index is 435. The molecule has 0 bridgehead atoms. The molecule has 0 saturated carbocycles. The molecule has 2 atom stereocenters. The number of nitrogens with two attached hydrogens (primary N) is 1. The Labute approximate surface area is 118 Å². The summed E-state index contributed by atoms with van der Waals surface area (Å²) in [6.07, 6.45) is 2.15. The lowest BCUT2D eigenvalue weighted by atomic mass is 9.93. The average Bonchev–Trinajstić information content (AvgIpc) is 2.85. The molecule has 1 saturated heterocycles. The quantitative estimate of drug-likeness (QED) is 0.656. The highest BCUT2D eigenvalue weighted by molar-refractivity contribution is 7.99. The second-order valence-corrected chi connectivity index (χ2v) is 6.17. The lowest BCUT2D eigenvalue weighted by molar-refractivity contribution is 0.296. The highest BCUT2D eigenvalue weighted by atomic mass is 32.2. The summed E-state index contributed by atoms with van der Waals surface area (Å²) in [5.41, 5.74) is 4.17. The summed E-state index contributed by atoms with van der Waals surface area (Å²) in [5, 5.41) is 0. The Morgan fingerprint density at radius 3 is 2.84 bits per heavy atom. The summed E-state index contributed by atoms with van der Waals surface area (Å²) in [6, 6.07) is 6.38. The number of rotatable bonds is 3. The van der Waals surface area contributed by atoms with Crippen LogP contribution in [0.5, 0.6) is 11.5 Å². The first-order valence-corrected chi connectivity index (χ1v) is 7.97. The average molecular weight is 280 g/mol. The van der Waals surface area contributed by atoms with Gasteiger partial charge in [-0.2, -0.15) is 11.8 Å². The van der Waals surface area contributed by atoms with Gasteiger partial charge in [0, 0.05) is 12.5 Å². The molecule has 5 heteroatoms. The van der Waals surface area contributed by atoms with Gasteiger partial charge in [0.25, 0.3) is 0 Å². The first-order chi connectivity index (χ1) is 9.38. The standard InChI is InChI=1S/C14H20N2O2S/c15-16-14(11-4-7-19-9-11)10-2-3-12-13(8-10)18-6-1-5-17-12/h2-3,8,11,14,16H,1,4-7,9,15H2. The molecule has 104 valence electrons. The molecule has 0 amide bonds. The molecule has 1 aromatic carbocycles. The number of hydrogen-bond acceptors (Lipinski definition) is 5. The molecular weight excluding hydrogens is 260 g/mol. The summed E-state index contributed by atoms with van der Waals surface area (Å²) in [4.78, 5) is 0. The van der Waals surface area contributed by atoms with E-state index in [2.05, 4.69) is 17.6 Å². The van der Waals surface area contributed by atoms with Crippen molar-refractivity contribution in [2.45, 2.75) is 18.9 Å². The fourth-order valence-corrected chi connectivity index (χ4v) is 3.99. The number of ether oxygens (including phenoxy) is 2. The molecule has 3 N–H and O–H groups in total. The van der Waals surface area contributed by atoms with Gasteiger partial charge in [0.1, 0.15) is 0 Å². The van der Waals surface area contributed by atoms with Crippen LogP contribution in [0.2, 0.25) is 0 Å². The highest BCUT2D eigenvalue weighted by Gasteiger charge is 2.26. The van der Waals surface area contributed by atoms with E-state index in [1.165, 1.54) is 23.5 Å². The molecule has 1 fully saturated rings. The molecule has 0 spiro atoms. The minimum Gasteiger partial charge on any atom is -0.490 e. The van der Waals surface area contributed by atoms with Crippen molar-refractivity contribution in [2.24, 2.45) is 11.8 Å². The topological polar surface area (TPSA) is 56.5 Å². The van der Waals surface area contributed by atoms with Crippen molar-refractivity contribution < 1.29 is 9.47 Å². The number of fused-ring (bicyclic) bond motifs is 1. The largest absolute Gasteiger partial charge is 0.490 e. The van der Waals surface area contributed by atoms with Gasteiger partial charge in [-0.05, 0) is 41.5 Å². The van der Waals surface area contributed by atoms with E-state index in [9.17, 15) is 0 Å². The maximum Gasteiger partial charge on any atom is 0.161 e. The molecule has 1 aromatic rings. The van der Waals surface area contributed by atoms with Crippen molar-refractivity contribution in [1.29, 1.82) is 0 Å². The van der Waals surface area contributed by atoms with Gasteiger partial charge in [0.15, 0.2) is 11.5 Å². The molecule has 2 aliphatic rings. The lowest BCUT2D eigenvalue weighted by Gasteiger charge is -2.23. The van der Waals surface area contributed by atoms with Crippen LogP contribution in [0.15, 0.2) is 18.2 Å². The van der Waals surface area contributed by atoms with Crippen LogP contribution in [0, 0.1) is 5.92 Å². The van der Waals surface area contributed by atoms with Crippen LogP contribution < -0.4 is 20.7 Å². The molecule has 19 heavy (non-hydrogen) atoms. The van der Waals surface area contributed by atoms with Crippen molar-refractivity contribution in [3.63, 3.8) is 0 Å². The number of hydrogen-bond donors (Lipinski definition) is 2. The van der Waals surface area contributed by atoms with Gasteiger partial charge in [0.2, 0.25) is 0 Å². The Hall–Kier alpha value is -0.910. The zero-order chi connectivity index (χ0) is 13.1. The smallest absolute Gasteiger partial charge is 0.161 e. The fourth-order valence-electron chi connectivity index (χ4n) is 2.69. The number of thioether (sulfide) groups is 1. The van der Waals surface area contributed by atoms with Gasteiger partial charge in [-0.25, -0.2) is 0 Å². The van der Waals surface area contributed by atoms with Crippen LogP contribution in [-0.4, -0.2) is 24.7 Å². The van der Waals surface area contributed by atoms with Crippen molar-refractivity contribution >= 4 is 11.8 Å². The summed E-state index contributed by atoms with van der Waals surface area (Å²) >= 11 is 2.00. The van der Waals surface area contributed by atoms with E-state index in [1.54, 1.807) is 0 Å². The molecule has 0 aromatic heterocycles. The number of benzene rings is 1. The Morgan fingerprint density at radius 1 is 1.26 bits per heavy atom. The van der Waals surface area contributed by atoms with Crippen LogP contribution in [0.1, 0.15) is 24.4 Å². The van der Waals surface area contributed by atoms with Crippen molar-refractivity contribution in [2.75, 3.05) is 24.7 Å². The normalized spacial score (nSPS) is 23.9. The van der Waals surface area contributed by atoms with Gasteiger partial charge in [-0.15, -0.1) is 0 Å². The summed E-state index contributed by atoms with van der Waals surface area (Å²) in [5.74, 6) is 10.4. The van der Waals surface area contributed by atoms with Crippen LogP contribution >= 0.6 is 11.8 Å². The first-order valence-electron chi connectivity index (χ1n) is 6.82. The van der Waals surface area contributed by atoms with Gasteiger partial charge in [0.05, 0.1) is 13.2 Å². The van der Waals surface area contributed by atoms with E-state index in [0.717, 1.165) is 31.1 Å². The SMILES string of the molecule is NNC(c1ccc2c(c1)OCCCO2)C1CCSC1. The monoisotopic (exact) mass is 280 g/mol. The minimum absolute atomic E-state index is 0.201. The Balaban J connectivity index is 1.85. The molecule has 2 aliphatic heterocycles. The second-order valence-electron chi connectivity index (χ2n) is 5.02. The predicted molar refractivity (Wildman–Crippen MR) is 77.5 cm³/mol. The predicted octanol–water partition coefficient (Wildman–Crippen LogP) is 2.11. The van der Waals surface area contributed by atoms with Crippen molar-refractivity contribution in [1.82, 2.24) is 5.43 Å². The Morgan fingerprint density at radius 2 is 2.11 bits per heavy atom. The Kier molecular flexibility index (Phi) is 4.15. The summed E-state index contributed by atoms with van der Waals surface area (Å²) < 4.78 is 11.4. The molecule has 3 rings (SSSR count). The van der Waals surface area contributed by atoms with Gasteiger partial charge in [-0.3, -0.25) is 11.3 Å². The van der Waals surface area contributed by atoms with Crippen LogP contribution in [0.25, 0.3) is 0 Å². The van der Waals surface area contributed by atoms with Crippen LogP contribution in [0.4, 0.5) is 0 Å². The maximum absolute atomic E-state index is 5.76. The lowest BCUT2D eigenvalue weighted by Crippen LogP contribution is -2.33. The third-order valence-electron chi connectivity index (χ3n) is 3.75. The van der Waals surface area contributed by atoms with E-state index in [-0.39, 0.29) is 6.04 Å². The fraction of sp³-hybridized carbons (Fsp3) is 0.571. The van der Waals surface area contributed by atoms with Gasteiger partial charge in [-0.1, -0.05) is 6.07 Å². The molecule has 2 heterocycles. The number of hydrazine groups is 1. The molecule has 0 aliphatic carbocycles. The van der Waals surface area contributed by atoms with E-state index in [0.29, 0.717) is 5.92 Å². The number of nitrogens with one attached hydrogen (secondary N) is 1. The molecular formula is C14H20N2O2S. The minimum atomic E-state index is 0.201. The van der Waals surface area contributed by atoms with Crippen LogP contribution in [-0.2, 0) is 0 Å². The van der Waals surface area contributed by atoms with E-state index in [4.69, 9.17) is 15.3 Å². The highest BCUT2D eigenvalue weighted by Crippen LogP contribution is 2.37. The third kappa shape index (κ3) is 2.83. The second kappa shape index (κ2) is 6.03. The summed E-state index contributed by atoms with van der Waals surface area (Å²) in [6.45, 7) is 1.45. The van der Waals surface area contributed by atoms with E-state index >= 15 is 0 Å². The molecule has 4 nitrogen and oxygen atoms in total. The van der Waals surface area contributed by atoms with Crippen molar-refractivity contribution in [3.8, 4) is 11.5 Å². The van der Waals surface area contributed by atoms with Gasteiger partial charge >= 0.3 is 0 Å². The molecule has 2 unspecified atom stereocenters. The van der Waals surface area contributed by atoms with E-state index < -0.39 is 0 Å². The zero-order valence-corrected chi connectivity index (χ0v) is 11.7. The third-order valence-corrected chi connectivity index (χ3v) is 4.93. The summed E-state index contributed by atoms with van der Waals surface area (Å²) in [7, 11) is 0. The molecule has 0 radical (unpaired) electrons. The van der Waals surface area contributed by atoms with Crippen LogP contribution in [0.3, 0.4) is 0 Å². The maximum atomic E-state index is 5.76. The van der Waals surface area contributed by atoms with Gasteiger partial charge < -0.3 is 9.47 Å². The zero-order valence-electron chi connectivity index (χ0n) is 10.9. The first kappa shape index (κ1) is 13.1. The van der Waals surface area contributed by atoms with E-state index in [1.807, 2.05) is 17.8 Å².